The highest BCUT2D eigenvalue weighted by Gasteiger charge is 2.35. The van der Waals surface area contributed by atoms with Crippen LogP contribution in [0.5, 0.6) is 0 Å². The summed E-state index contributed by atoms with van der Waals surface area (Å²) in [6, 6.07) is 2.36. The monoisotopic (exact) mass is 507 g/mol. The molecule has 0 amide bonds. The Morgan fingerprint density at radius 1 is 1.30 bits per heavy atom. The van der Waals surface area contributed by atoms with Gasteiger partial charge >= 0.3 is 0 Å². The van der Waals surface area contributed by atoms with Crippen molar-refractivity contribution in [1.82, 2.24) is 25.3 Å². The molecular formula is C16H26FN9O5S2. The van der Waals surface area contributed by atoms with E-state index in [0.29, 0.717) is 13.0 Å². The number of nitrogens with zero attached hydrogens (tertiary/aromatic N) is 4. The predicted octanol–water partition coefficient (Wildman–Crippen LogP) is -2.76. The second kappa shape index (κ2) is 9.92. The fourth-order valence-electron chi connectivity index (χ4n) is 3.60. The van der Waals surface area contributed by atoms with E-state index >= 15 is 0 Å². The van der Waals surface area contributed by atoms with Crippen molar-refractivity contribution in [3.05, 3.63) is 12.1 Å². The van der Waals surface area contributed by atoms with Gasteiger partial charge in [0.15, 0.2) is 0 Å². The van der Waals surface area contributed by atoms with Crippen LogP contribution in [-0.4, -0.2) is 87.6 Å². The lowest BCUT2D eigenvalue weighted by Gasteiger charge is -2.36. The Morgan fingerprint density at radius 2 is 2.03 bits per heavy atom. The Kier molecular flexibility index (Phi) is 7.62. The molecule has 1 aliphatic rings. The average Bonchev–Trinajstić information content (AvgIpc) is 3.30. The fraction of sp³-hybridized carbons (Fsp3) is 0.562. The first-order chi connectivity index (χ1) is 15.5. The summed E-state index contributed by atoms with van der Waals surface area (Å²) in [5.74, 6) is -0.602. The van der Waals surface area contributed by atoms with Crippen LogP contribution in [0.2, 0.25) is 0 Å². The van der Waals surface area contributed by atoms with Crippen LogP contribution in [0.4, 0.5) is 10.1 Å². The average molecular weight is 508 g/mol. The predicted molar refractivity (Wildman–Crippen MR) is 116 cm³/mol. The molecule has 0 bridgehead atoms. The topological polar surface area (TPSA) is 236 Å². The van der Waals surface area contributed by atoms with Gasteiger partial charge in [-0.05, 0) is 30.3 Å². The van der Waals surface area contributed by atoms with Crippen molar-refractivity contribution in [2.24, 2.45) is 22.5 Å². The number of aliphatic hydroxyl groups is 1. The summed E-state index contributed by atoms with van der Waals surface area (Å²) in [6.45, 7) is -0.306. The number of aromatic amines is 1. The lowest BCUT2D eigenvalue weighted by atomic mass is 9.94. The highest BCUT2D eigenvalue weighted by atomic mass is 32.2. The molecular weight excluding hydrogens is 481 g/mol. The van der Waals surface area contributed by atoms with E-state index in [2.05, 4.69) is 25.3 Å². The molecule has 1 aliphatic heterocycles. The lowest BCUT2D eigenvalue weighted by molar-refractivity contribution is 0.186. The molecule has 14 nitrogen and oxygen atoms in total. The molecule has 1 aromatic carbocycles. The molecule has 0 saturated carbocycles. The van der Waals surface area contributed by atoms with Gasteiger partial charge in [-0.3, -0.25) is 0 Å². The first-order valence-corrected chi connectivity index (χ1v) is 12.9. The van der Waals surface area contributed by atoms with Gasteiger partial charge in [0.1, 0.15) is 16.0 Å². The second-order valence-electron chi connectivity index (χ2n) is 7.56. The number of anilines is 1. The number of aliphatic hydroxyl groups excluding tert-OH is 1. The van der Waals surface area contributed by atoms with Crippen molar-refractivity contribution in [2.75, 3.05) is 37.6 Å². The van der Waals surface area contributed by atoms with E-state index in [1.54, 1.807) is 4.90 Å². The molecule has 2 heterocycles. The van der Waals surface area contributed by atoms with Gasteiger partial charge in [0.2, 0.25) is 25.9 Å². The lowest BCUT2D eigenvalue weighted by Crippen LogP contribution is -2.44. The van der Waals surface area contributed by atoms with E-state index in [4.69, 9.17) is 16.6 Å². The van der Waals surface area contributed by atoms with Crippen LogP contribution in [0, 0.1) is 5.92 Å². The maximum atomic E-state index is 14.6. The summed E-state index contributed by atoms with van der Waals surface area (Å²) in [5.41, 5.74) is 10.8. The van der Waals surface area contributed by atoms with E-state index < -0.39 is 48.7 Å². The number of sulfonamides is 2. The quantitative estimate of drug-likeness (QED) is 0.203. The minimum atomic E-state index is -4.68. The van der Waals surface area contributed by atoms with Gasteiger partial charge in [-0.2, -0.15) is 5.21 Å². The fourth-order valence-corrected chi connectivity index (χ4v) is 6.27. The first kappa shape index (κ1) is 25.3. The van der Waals surface area contributed by atoms with Crippen LogP contribution in [0.15, 0.2) is 21.9 Å². The Bertz CT molecular complexity index is 1180. The van der Waals surface area contributed by atoms with Crippen LogP contribution < -0.4 is 26.2 Å². The number of H-pyrrole nitrogens is 1. The molecule has 0 radical (unpaired) electrons. The molecule has 33 heavy (non-hydrogen) atoms. The summed E-state index contributed by atoms with van der Waals surface area (Å²) >= 11 is 0. The zero-order valence-electron chi connectivity index (χ0n) is 17.4. The third-order valence-electron chi connectivity index (χ3n) is 5.34. The second-order valence-corrected chi connectivity index (χ2v) is 10.8. The van der Waals surface area contributed by atoms with Gasteiger partial charge in [0.25, 0.3) is 0 Å². The summed E-state index contributed by atoms with van der Waals surface area (Å²) < 4.78 is 67.8. The SMILES string of the molecule is NC[C@@H](O)CNS(=O)(=O)c1ccc(N2CC[C@@H](CN)[C@@H](F)C2)c(-c2nn[nH]n2)c1S(N)(=O)=O. The maximum absolute atomic E-state index is 14.6. The molecule has 1 aromatic heterocycles. The van der Waals surface area contributed by atoms with Gasteiger partial charge in [-0.15, -0.1) is 10.2 Å². The Balaban J connectivity index is 2.20. The van der Waals surface area contributed by atoms with Crippen LogP contribution >= 0.6 is 0 Å². The van der Waals surface area contributed by atoms with Crippen LogP contribution in [0.3, 0.4) is 0 Å². The molecule has 0 aliphatic carbocycles. The molecule has 0 unspecified atom stereocenters. The van der Waals surface area contributed by atoms with Crippen molar-refractivity contribution in [3.63, 3.8) is 0 Å². The van der Waals surface area contributed by atoms with Gasteiger partial charge < -0.3 is 21.5 Å². The van der Waals surface area contributed by atoms with Gasteiger partial charge in [0.05, 0.1) is 11.7 Å². The minimum absolute atomic E-state index is 0.107. The first-order valence-electron chi connectivity index (χ1n) is 9.90. The van der Waals surface area contributed by atoms with Gasteiger partial charge in [-0.25, -0.2) is 31.1 Å². The third kappa shape index (κ3) is 5.45. The Morgan fingerprint density at radius 3 is 2.58 bits per heavy atom. The van der Waals surface area contributed by atoms with E-state index in [-0.39, 0.29) is 42.6 Å². The summed E-state index contributed by atoms with van der Waals surface area (Å²) in [5, 5.41) is 28.2. The van der Waals surface area contributed by atoms with E-state index in [1.165, 1.54) is 6.07 Å². The molecule has 1 saturated heterocycles. The summed E-state index contributed by atoms with van der Waals surface area (Å²) in [7, 11) is -9.16. The zero-order chi connectivity index (χ0) is 24.4. The number of hydrogen-bond donors (Lipinski definition) is 6. The van der Waals surface area contributed by atoms with Crippen molar-refractivity contribution in [3.8, 4) is 11.4 Å². The van der Waals surface area contributed by atoms with Crippen LogP contribution in [0.1, 0.15) is 6.42 Å². The molecule has 9 N–H and O–H groups in total. The van der Waals surface area contributed by atoms with E-state index in [9.17, 15) is 26.3 Å². The molecule has 3 atom stereocenters. The molecule has 1 fully saturated rings. The summed E-state index contributed by atoms with van der Waals surface area (Å²) in [4.78, 5) is 0.0815. The van der Waals surface area contributed by atoms with Gasteiger partial charge in [0, 0.05) is 37.8 Å². The number of halogens is 1. The summed E-state index contributed by atoms with van der Waals surface area (Å²) in [6.07, 6.45) is -2.09. The van der Waals surface area contributed by atoms with Crippen molar-refractivity contribution in [2.45, 2.75) is 28.5 Å². The Labute approximate surface area is 189 Å². The van der Waals surface area contributed by atoms with Crippen molar-refractivity contribution < 1.29 is 26.3 Å². The van der Waals surface area contributed by atoms with E-state index in [1.807, 2.05) is 0 Å². The molecule has 184 valence electrons. The largest absolute Gasteiger partial charge is 0.390 e. The molecule has 2 aromatic rings. The molecule has 17 heteroatoms. The number of alkyl halides is 1. The Hall–Kier alpha value is -2.28. The standard InChI is InChI=1S/C16H26FN9O5S2/c17-11-8-26(4-3-9(11)5-18)12-1-2-13(33(30,31)21-7-10(27)6-19)15(32(20,28)29)14(12)16-22-24-25-23-16/h1-2,9-11,21,27H,3-8,18-19H2,(H2,20,28,29)(H,22,23,24,25)/t9-,10+,11-/m0/s1. The molecule has 3 rings (SSSR count). The number of hydrogen-bond acceptors (Lipinski definition) is 11. The van der Waals surface area contributed by atoms with Crippen molar-refractivity contribution >= 4 is 25.7 Å². The number of benzene rings is 1. The van der Waals surface area contributed by atoms with Crippen LogP contribution in [-0.2, 0) is 20.0 Å². The number of tetrazole rings is 1. The van der Waals surface area contributed by atoms with Crippen molar-refractivity contribution in [1.29, 1.82) is 0 Å². The van der Waals surface area contributed by atoms with Gasteiger partial charge in [-0.1, -0.05) is 0 Å². The normalized spacial score (nSPS) is 20.7. The third-order valence-corrected chi connectivity index (χ3v) is 7.93. The molecule has 0 spiro atoms. The number of rotatable bonds is 9. The maximum Gasteiger partial charge on any atom is 0.242 e. The number of nitrogens with two attached hydrogens (primary N) is 3. The smallest absolute Gasteiger partial charge is 0.242 e. The number of nitrogens with one attached hydrogen (secondary N) is 2. The zero-order valence-corrected chi connectivity index (χ0v) is 19.1. The minimum Gasteiger partial charge on any atom is -0.390 e. The van der Waals surface area contributed by atoms with Crippen LogP contribution in [0.25, 0.3) is 11.4 Å². The number of piperidine rings is 1. The number of primary sulfonamides is 1. The number of aromatic nitrogens is 4. The van der Waals surface area contributed by atoms with E-state index in [0.717, 1.165) is 6.07 Å². The highest BCUT2D eigenvalue weighted by Crippen LogP contribution is 2.39. The highest BCUT2D eigenvalue weighted by molar-refractivity contribution is 7.92.